The van der Waals surface area contributed by atoms with Crippen molar-refractivity contribution in [2.24, 2.45) is 5.10 Å². The summed E-state index contributed by atoms with van der Waals surface area (Å²) in [5.41, 5.74) is 5.16. The lowest BCUT2D eigenvalue weighted by Crippen LogP contribution is -2.21. The summed E-state index contributed by atoms with van der Waals surface area (Å²) in [6.45, 7) is 8.85. The van der Waals surface area contributed by atoms with Crippen LogP contribution >= 0.6 is 0 Å². The second kappa shape index (κ2) is 10.9. The topological polar surface area (TPSA) is 61.4 Å². The number of hydrogen-bond acceptors (Lipinski definition) is 4. The van der Waals surface area contributed by atoms with Crippen LogP contribution in [0, 0.1) is 6.92 Å². The fraction of sp³-hybridized carbons (Fsp3) is 0.171. The maximum atomic E-state index is 13.9. The fourth-order valence-electron chi connectivity index (χ4n) is 5.25. The van der Waals surface area contributed by atoms with Crippen molar-refractivity contribution in [3.05, 3.63) is 124 Å². The molecule has 0 spiro atoms. The van der Waals surface area contributed by atoms with Crippen LogP contribution in [0.1, 0.15) is 43.5 Å². The van der Waals surface area contributed by atoms with Crippen molar-refractivity contribution < 1.29 is 4.74 Å². The van der Waals surface area contributed by atoms with Crippen LogP contribution in [-0.4, -0.2) is 27.0 Å². The first kappa shape index (κ1) is 26.3. The number of nitrogens with zero attached hydrogens (tertiary/aromatic N) is 4. The van der Waals surface area contributed by atoms with Crippen LogP contribution in [-0.2, 0) is 0 Å². The Morgan fingerprint density at radius 2 is 1.71 bits per heavy atom. The van der Waals surface area contributed by atoms with E-state index in [1.807, 2.05) is 68.6 Å². The van der Waals surface area contributed by atoms with Crippen LogP contribution in [0.5, 0.6) is 5.75 Å². The van der Waals surface area contributed by atoms with Gasteiger partial charge in [0, 0.05) is 17.4 Å². The standard InChI is InChI=1S/C35H32N4O2/c1-5-41-33-19-24(4)31(21-30(33)23(2)3)34-37-32-15-9-8-14-29(32)35(40)39(34)36-22-28-13-10-18-38(28)27-17-16-25-11-6-7-12-26(25)20-27/h6-23H,5H2,1-4H3. The van der Waals surface area contributed by atoms with E-state index in [0.29, 0.717) is 23.3 Å². The van der Waals surface area contributed by atoms with Gasteiger partial charge in [0.25, 0.3) is 5.56 Å². The molecule has 0 N–H and O–H groups in total. The minimum absolute atomic E-state index is 0.218. The Bertz CT molecular complexity index is 1980. The lowest BCUT2D eigenvalue weighted by Gasteiger charge is -2.18. The highest BCUT2D eigenvalue weighted by atomic mass is 16.5. The van der Waals surface area contributed by atoms with Crippen LogP contribution in [0.25, 0.3) is 38.8 Å². The lowest BCUT2D eigenvalue weighted by atomic mass is 9.96. The van der Waals surface area contributed by atoms with Crippen LogP contribution < -0.4 is 10.3 Å². The number of rotatable bonds is 7. The van der Waals surface area contributed by atoms with Crippen LogP contribution in [0.4, 0.5) is 0 Å². The van der Waals surface area contributed by atoms with Crippen molar-refractivity contribution in [1.29, 1.82) is 0 Å². The largest absolute Gasteiger partial charge is 0.494 e. The van der Waals surface area contributed by atoms with Gasteiger partial charge >= 0.3 is 0 Å². The molecule has 2 heterocycles. The second-order valence-corrected chi connectivity index (χ2v) is 10.4. The van der Waals surface area contributed by atoms with Gasteiger partial charge in [-0.1, -0.05) is 56.3 Å². The van der Waals surface area contributed by atoms with E-state index < -0.39 is 0 Å². The molecule has 0 unspecified atom stereocenters. The molecule has 0 aliphatic heterocycles. The zero-order valence-corrected chi connectivity index (χ0v) is 23.7. The van der Waals surface area contributed by atoms with E-state index >= 15 is 0 Å². The molecule has 0 fully saturated rings. The zero-order valence-electron chi connectivity index (χ0n) is 23.7. The Kier molecular flexibility index (Phi) is 6.98. The Morgan fingerprint density at radius 1 is 0.927 bits per heavy atom. The van der Waals surface area contributed by atoms with Gasteiger partial charge in [-0.3, -0.25) is 4.79 Å². The number of hydrogen-bond donors (Lipinski definition) is 0. The van der Waals surface area contributed by atoms with Crippen LogP contribution in [0.2, 0.25) is 0 Å². The Balaban J connectivity index is 1.51. The molecular weight excluding hydrogens is 508 g/mol. The summed E-state index contributed by atoms with van der Waals surface area (Å²) in [7, 11) is 0. The fourth-order valence-corrected chi connectivity index (χ4v) is 5.25. The molecule has 0 aliphatic rings. The molecule has 6 aromatic rings. The highest BCUT2D eigenvalue weighted by Gasteiger charge is 2.18. The number of benzene rings is 4. The molecule has 6 rings (SSSR count). The molecule has 0 atom stereocenters. The van der Waals surface area contributed by atoms with E-state index in [1.54, 1.807) is 12.3 Å². The summed E-state index contributed by atoms with van der Waals surface area (Å²) in [5.74, 6) is 1.58. The van der Waals surface area contributed by atoms with Crippen molar-refractivity contribution in [3.63, 3.8) is 0 Å². The molecule has 0 bridgehead atoms. The Hall–Kier alpha value is -4.97. The van der Waals surface area contributed by atoms with Gasteiger partial charge in [-0.25, -0.2) is 4.98 Å². The van der Waals surface area contributed by atoms with E-state index in [2.05, 4.69) is 54.8 Å². The summed E-state index contributed by atoms with van der Waals surface area (Å²) < 4.78 is 9.44. The molecule has 204 valence electrons. The molecule has 4 aromatic carbocycles. The Morgan fingerprint density at radius 3 is 2.51 bits per heavy atom. The molecule has 0 saturated heterocycles. The van der Waals surface area contributed by atoms with Gasteiger partial charge in [-0.05, 0) is 90.2 Å². The van der Waals surface area contributed by atoms with E-state index in [9.17, 15) is 4.79 Å². The van der Waals surface area contributed by atoms with E-state index in [0.717, 1.165) is 39.2 Å². The first-order valence-corrected chi connectivity index (χ1v) is 13.9. The van der Waals surface area contributed by atoms with Gasteiger partial charge in [0.2, 0.25) is 0 Å². The normalized spacial score (nSPS) is 11.7. The number of fused-ring (bicyclic) bond motifs is 2. The third-order valence-electron chi connectivity index (χ3n) is 7.37. The smallest absolute Gasteiger partial charge is 0.282 e. The molecule has 0 saturated carbocycles. The van der Waals surface area contributed by atoms with Crippen molar-refractivity contribution in [1.82, 2.24) is 14.2 Å². The van der Waals surface area contributed by atoms with Crippen molar-refractivity contribution >= 4 is 27.9 Å². The van der Waals surface area contributed by atoms with Gasteiger partial charge < -0.3 is 9.30 Å². The molecule has 41 heavy (non-hydrogen) atoms. The maximum absolute atomic E-state index is 13.9. The van der Waals surface area contributed by atoms with Crippen molar-refractivity contribution in [2.75, 3.05) is 6.61 Å². The van der Waals surface area contributed by atoms with Gasteiger partial charge in [0.15, 0.2) is 5.82 Å². The zero-order chi connectivity index (χ0) is 28.5. The third kappa shape index (κ3) is 4.93. The molecule has 6 heteroatoms. The average molecular weight is 541 g/mol. The summed E-state index contributed by atoms with van der Waals surface area (Å²) in [6.07, 6.45) is 3.73. The highest BCUT2D eigenvalue weighted by molar-refractivity contribution is 5.86. The lowest BCUT2D eigenvalue weighted by molar-refractivity contribution is 0.335. The highest BCUT2D eigenvalue weighted by Crippen LogP contribution is 2.34. The number of aryl methyl sites for hydroxylation is 1. The van der Waals surface area contributed by atoms with Gasteiger partial charge in [0.1, 0.15) is 5.75 Å². The summed E-state index contributed by atoms with van der Waals surface area (Å²) in [5, 5.41) is 7.62. The second-order valence-electron chi connectivity index (χ2n) is 10.4. The SMILES string of the molecule is CCOc1cc(C)c(-c2nc3ccccc3c(=O)n2N=Cc2cccn2-c2ccc3ccccc3c2)cc1C(C)C. The van der Waals surface area contributed by atoms with E-state index in [4.69, 9.17) is 14.8 Å². The van der Waals surface area contributed by atoms with Gasteiger partial charge in [0.05, 0.1) is 29.4 Å². The molecule has 0 aliphatic carbocycles. The first-order valence-electron chi connectivity index (χ1n) is 13.9. The third-order valence-corrected chi connectivity index (χ3v) is 7.37. The molecule has 2 aromatic heterocycles. The van der Waals surface area contributed by atoms with Crippen LogP contribution in [0.3, 0.4) is 0 Å². The van der Waals surface area contributed by atoms with Crippen molar-refractivity contribution in [3.8, 4) is 22.8 Å². The minimum Gasteiger partial charge on any atom is -0.494 e. The minimum atomic E-state index is -0.218. The monoisotopic (exact) mass is 540 g/mol. The summed E-state index contributed by atoms with van der Waals surface area (Å²) >= 11 is 0. The number of para-hydroxylation sites is 1. The Labute approximate surface area is 239 Å². The van der Waals surface area contributed by atoms with E-state index in [1.165, 1.54) is 10.1 Å². The van der Waals surface area contributed by atoms with Gasteiger partial charge in [-0.15, -0.1) is 0 Å². The number of ether oxygens (including phenoxy) is 1. The first-order chi connectivity index (χ1) is 19.9. The molecule has 0 radical (unpaired) electrons. The molecular formula is C35H32N4O2. The summed E-state index contributed by atoms with van der Waals surface area (Å²) in [6, 6.07) is 30.1. The van der Waals surface area contributed by atoms with Gasteiger partial charge in [-0.2, -0.15) is 9.78 Å². The van der Waals surface area contributed by atoms with Crippen molar-refractivity contribution in [2.45, 2.75) is 33.6 Å². The summed E-state index contributed by atoms with van der Waals surface area (Å²) in [4.78, 5) is 18.8. The molecule has 6 nitrogen and oxygen atoms in total. The maximum Gasteiger partial charge on any atom is 0.282 e. The quantitative estimate of drug-likeness (QED) is 0.195. The predicted molar refractivity (Wildman–Crippen MR) is 168 cm³/mol. The van der Waals surface area contributed by atoms with Crippen LogP contribution in [0.15, 0.2) is 107 Å². The number of aromatic nitrogens is 3. The molecule has 0 amide bonds. The predicted octanol–water partition coefficient (Wildman–Crippen LogP) is 7.72. The average Bonchev–Trinajstić information content (AvgIpc) is 3.45. The van der Waals surface area contributed by atoms with E-state index in [-0.39, 0.29) is 11.5 Å².